The molecule has 9 heteroatoms. The average molecular weight is 318 g/mol. The van der Waals surface area contributed by atoms with Gasteiger partial charge in [-0.3, -0.25) is 0 Å². The normalized spacial score (nSPS) is 10.5. The molecule has 0 spiro atoms. The van der Waals surface area contributed by atoms with Crippen LogP contribution in [0.3, 0.4) is 0 Å². The van der Waals surface area contributed by atoms with E-state index in [0.717, 1.165) is 0 Å². The number of methoxy groups -OCH3 is 1. The Labute approximate surface area is 132 Å². The van der Waals surface area contributed by atoms with Crippen molar-refractivity contribution in [1.82, 2.24) is 9.97 Å². The first-order chi connectivity index (χ1) is 11.1. The molecule has 2 aromatic heterocycles. The van der Waals surface area contributed by atoms with E-state index < -0.39 is 0 Å². The van der Waals surface area contributed by atoms with Crippen LogP contribution >= 0.6 is 0 Å². The summed E-state index contributed by atoms with van der Waals surface area (Å²) < 4.78 is 5.08. The van der Waals surface area contributed by atoms with Crippen LogP contribution < -0.4 is 21.1 Å². The number of aliphatic hydroxyl groups excluding tert-OH is 2. The van der Waals surface area contributed by atoms with Gasteiger partial charge >= 0.3 is 0 Å². The summed E-state index contributed by atoms with van der Waals surface area (Å²) in [5, 5.41) is 28.8. The second kappa shape index (κ2) is 6.95. The minimum atomic E-state index is -0.160. The van der Waals surface area contributed by atoms with Gasteiger partial charge in [0.05, 0.1) is 25.7 Å². The average Bonchev–Trinajstić information content (AvgIpc) is 2.53. The summed E-state index contributed by atoms with van der Waals surface area (Å²) in [4.78, 5) is 9.84. The highest BCUT2D eigenvalue weighted by atomic mass is 16.5. The van der Waals surface area contributed by atoms with Gasteiger partial charge in [-0.15, -0.1) is 0 Å². The number of ether oxygens (including phenoxy) is 1. The van der Waals surface area contributed by atoms with Gasteiger partial charge in [-0.25, -0.2) is 4.98 Å². The zero-order valence-electron chi connectivity index (χ0n) is 12.7. The minimum absolute atomic E-state index is 0.113. The molecule has 0 bridgehead atoms. The number of nitrogen functional groups attached to an aromatic ring is 2. The van der Waals surface area contributed by atoms with Crippen molar-refractivity contribution in [2.45, 2.75) is 0 Å². The zero-order valence-corrected chi connectivity index (χ0v) is 12.7. The Morgan fingerprint density at radius 1 is 1.22 bits per heavy atom. The summed E-state index contributed by atoms with van der Waals surface area (Å²) in [6, 6.07) is 3.64. The van der Waals surface area contributed by atoms with Gasteiger partial charge in [0.25, 0.3) is 0 Å². The molecule has 0 saturated carbocycles. The summed E-state index contributed by atoms with van der Waals surface area (Å²) in [7, 11) is 1.44. The largest absolute Gasteiger partial charge is 0.481 e. The monoisotopic (exact) mass is 318 g/mol. The molecule has 0 aliphatic rings. The molecule has 0 fully saturated rings. The Kier molecular flexibility index (Phi) is 5.00. The maximum absolute atomic E-state index is 9.56. The fourth-order valence-corrected chi connectivity index (χ4v) is 2.36. The predicted molar refractivity (Wildman–Crippen MR) is 86.0 cm³/mol. The fourth-order valence-electron chi connectivity index (χ4n) is 2.36. The first kappa shape index (κ1) is 16.5. The van der Waals surface area contributed by atoms with E-state index in [1.807, 2.05) is 0 Å². The molecule has 2 aromatic rings. The second-order valence-electron chi connectivity index (χ2n) is 4.71. The predicted octanol–water partition coefficient (Wildman–Crippen LogP) is -0.535. The lowest BCUT2D eigenvalue weighted by Crippen LogP contribution is -2.31. The van der Waals surface area contributed by atoms with Crippen molar-refractivity contribution in [3.8, 4) is 11.9 Å². The molecule has 6 N–H and O–H groups in total. The van der Waals surface area contributed by atoms with Gasteiger partial charge in [-0.1, -0.05) is 0 Å². The van der Waals surface area contributed by atoms with Gasteiger partial charge < -0.3 is 31.3 Å². The van der Waals surface area contributed by atoms with Crippen LogP contribution in [0.25, 0.3) is 10.8 Å². The van der Waals surface area contributed by atoms with Gasteiger partial charge in [-0.2, -0.15) is 10.2 Å². The molecular weight excluding hydrogens is 300 g/mol. The smallest absolute Gasteiger partial charge is 0.215 e. The molecule has 2 heterocycles. The van der Waals surface area contributed by atoms with E-state index in [2.05, 4.69) is 16.0 Å². The number of nitrogens with two attached hydrogens (primary N) is 2. The molecule has 0 aliphatic carbocycles. The van der Waals surface area contributed by atoms with Gasteiger partial charge in [-0.05, 0) is 0 Å². The van der Waals surface area contributed by atoms with Crippen LogP contribution in [0.1, 0.15) is 5.56 Å². The fraction of sp³-hybridized carbons (Fsp3) is 0.357. The third-order valence-corrected chi connectivity index (χ3v) is 3.36. The minimum Gasteiger partial charge on any atom is -0.481 e. The third kappa shape index (κ3) is 3.03. The number of hydrogen-bond acceptors (Lipinski definition) is 9. The van der Waals surface area contributed by atoms with E-state index in [9.17, 15) is 15.5 Å². The summed E-state index contributed by atoms with van der Waals surface area (Å²) >= 11 is 0. The van der Waals surface area contributed by atoms with E-state index in [1.54, 1.807) is 11.0 Å². The molecule has 0 aromatic carbocycles. The van der Waals surface area contributed by atoms with E-state index in [0.29, 0.717) is 10.8 Å². The van der Waals surface area contributed by atoms with Crippen LogP contribution in [0.15, 0.2) is 6.07 Å². The SMILES string of the molecule is COc1cc2c(C#N)c(N(CCO)CCO)nc(N)c2c(N)n1. The maximum Gasteiger partial charge on any atom is 0.215 e. The molecular formula is C14H18N6O3. The lowest BCUT2D eigenvalue weighted by Gasteiger charge is -2.24. The van der Waals surface area contributed by atoms with Crippen LogP contribution in [0, 0.1) is 11.3 Å². The van der Waals surface area contributed by atoms with E-state index in [1.165, 1.54) is 7.11 Å². The Morgan fingerprint density at radius 3 is 2.35 bits per heavy atom. The highest BCUT2D eigenvalue weighted by Gasteiger charge is 2.20. The quantitative estimate of drug-likeness (QED) is 0.549. The number of anilines is 3. The van der Waals surface area contributed by atoms with Crippen LogP contribution in [0.2, 0.25) is 0 Å². The molecule has 0 radical (unpaired) electrons. The summed E-state index contributed by atoms with van der Waals surface area (Å²) in [5.74, 6) is 0.748. The Bertz CT molecular complexity index is 752. The lowest BCUT2D eigenvalue weighted by atomic mass is 10.1. The molecule has 0 atom stereocenters. The number of pyridine rings is 2. The van der Waals surface area contributed by atoms with Crippen molar-refractivity contribution in [3.05, 3.63) is 11.6 Å². The van der Waals surface area contributed by atoms with Crippen LogP contribution in [-0.2, 0) is 0 Å². The number of nitriles is 1. The molecule has 23 heavy (non-hydrogen) atoms. The van der Waals surface area contributed by atoms with Crippen LogP contribution in [0.5, 0.6) is 5.88 Å². The van der Waals surface area contributed by atoms with E-state index in [4.69, 9.17) is 16.2 Å². The van der Waals surface area contributed by atoms with Crippen molar-refractivity contribution in [1.29, 1.82) is 5.26 Å². The first-order valence-corrected chi connectivity index (χ1v) is 6.87. The van der Waals surface area contributed by atoms with Gasteiger partial charge in [0, 0.05) is 24.5 Å². The van der Waals surface area contributed by atoms with Crippen molar-refractivity contribution in [2.75, 3.05) is 49.8 Å². The zero-order chi connectivity index (χ0) is 17.0. The number of nitrogens with zero attached hydrogens (tertiary/aromatic N) is 4. The highest BCUT2D eigenvalue weighted by Crippen LogP contribution is 2.34. The Balaban J connectivity index is 2.79. The Morgan fingerprint density at radius 2 is 1.83 bits per heavy atom. The first-order valence-electron chi connectivity index (χ1n) is 6.87. The Hall–Kier alpha value is -2.83. The lowest BCUT2D eigenvalue weighted by molar-refractivity contribution is 0.280. The molecule has 2 rings (SSSR count). The number of fused-ring (bicyclic) bond motifs is 1. The van der Waals surface area contributed by atoms with Gasteiger partial charge in [0.1, 0.15) is 29.1 Å². The summed E-state index contributed by atoms with van der Waals surface area (Å²) in [5.41, 5.74) is 12.1. The number of hydrogen-bond donors (Lipinski definition) is 4. The molecule has 0 saturated heterocycles. The molecule has 122 valence electrons. The van der Waals surface area contributed by atoms with Crippen LogP contribution in [-0.4, -0.2) is 53.6 Å². The summed E-state index contributed by atoms with van der Waals surface area (Å²) in [6.07, 6.45) is 0. The van der Waals surface area contributed by atoms with Gasteiger partial charge in [0.2, 0.25) is 5.88 Å². The van der Waals surface area contributed by atoms with Crippen molar-refractivity contribution < 1.29 is 14.9 Å². The molecule has 0 amide bonds. The number of aliphatic hydroxyl groups is 2. The second-order valence-corrected chi connectivity index (χ2v) is 4.71. The van der Waals surface area contributed by atoms with E-state index in [-0.39, 0.29) is 55.2 Å². The van der Waals surface area contributed by atoms with Crippen molar-refractivity contribution in [3.63, 3.8) is 0 Å². The van der Waals surface area contributed by atoms with Crippen molar-refractivity contribution >= 4 is 28.2 Å². The topological polar surface area (TPSA) is 155 Å². The molecule has 0 unspecified atom stereocenters. The molecule has 9 nitrogen and oxygen atoms in total. The maximum atomic E-state index is 9.56. The van der Waals surface area contributed by atoms with Gasteiger partial charge in [0.15, 0.2) is 0 Å². The number of aromatic nitrogens is 2. The summed E-state index contributed by atoms with van der Waals surface area (Å²) in [6.45, 7) is 0.0777. The van der Waals surface area contributed by atoms with Crippen molar-refractivity contribution in [2.24, 2.45) is 0 Å². The molecule has 0 aliphatic heterocycles. The third-order valence-electron chi connectivity index (χ3n) is 3.36. The standard InChI is InChI=1S/C14H18N6O3/c1-23-10-6-8-9(7-15)14(20(2-4-21)3-5-22)19-13(17)11(8)12(16)18-10/h6,21-22H,2-5H2,1H3,(H2,16,18)(H2,17,19). The van der Waals surface area contributed by atoms with Crippen LogP contribution in [0.4, 0.5) is 17.5 Å². The highest BCUT2D eigenvalue weighted by molar-refractivity contribution is 6.04. The number of rotatable bonds is 6. The van der Waals surface area contributed by atoms with E-state index >= 15 is 0 Å².